The van der Waals surface area contributed by atoms with Crippen LogP contribution in [-0.4, -0.2) is 87.8 Å². The maximum absolute atomic E-state index is 12.7. The van der Waals surface area contributed by atoms with Crippen LogP contribution in [0.3, 0.4) is 0 Å². The Morgan fingerprint density at radius 2 is 1.91 bits per heavy atom. The second-order valence-electron chi connectivity index (χ2n) is 8.24. The first-order valence-electron chi connectivity index (χ1n) is 10.6. The number of phosphoric acid groups is 2. The van der Waals surface area contributed by atoms with Gasteiger partial charge in [-0.1, -0.05) is 6.58 Å². The molecular formula is C18H30N2O13P2. The molecule has 0 spiro atoms. The topological polar surface area (TPSA) is 203 Å². The van der Waals surface area contributed by atoms with E-state index in [0.717, 1.165) is 7.11 Å². The molecule has 3 aliphatic rings. The number of carbonyl (C=O) groups excluding carboxylic acids is 1. The van der Waals surface area contributed by atoms with E-state index in [4.69, 9.17) is 18.5 Å². The summed E-state index contributed by atoms with van der Waals surface area (Å²) in [6, 6.07) is 0. The predicted molar refractivity (Wildman–Crippen MR) is 116 cm³/mol. The van der Waals surface area contributed by atoms with E-state index in [2.05, 4.69) is 20.7 Å². The van der Waals surface area contributed by atoms with Gasteiger partial charge in [0.05, 0.1) is 24.9 Å². The molecule has 0 radical (unpaired) electrons. The summed E-state index contributed by atoms with van der Waals surface area (Å²) in [6.07, 6.45) is -6.48. The van der Waals surface area contributed by atoms with Gasteiger partial charge in [-0.05, 0) is 13.8 Å². The van der Waals surface area contributed by atoms with Crippen LogP contribution in [0, 0.1) is 0 Å². The van der Waals surface area contributed by atoms with Gasteiger partial charge in [0.1, 0.15) is 24.3 Å². The van der Waals surface area contributed by atoms with E-state index in [-0.39, 0.29) is 24.6 Å². The first-order chi connectivity index (χ1) is 16.2. The van der Waals surface area contributed by atoms with Crippen LogP contribution in [0.25, 0.3) is 0 Å². The van der Waals surface area contributed by atoms with Gasteiger partial charge in [0.25, 0.3) is 5.91 Å². The third-order valence-electron chi connectivity index (χ3n) is 5.45. The van der Waals surface area contributed by atoms with Gasteiger partial charge in [-0.15, -0.1) is 0 Å². The Balaban J connectivity index is 1.58. The normalized spacial score (nSPS) is 37.4. The molecule has 15 nitrogen and oxygen atoms in total. The van der Waals surface area contributed by atoms with E-state index < -0.39 is 65.3 Å². The van der Waals surface area contributed by atoms with Crippen molar-refractivity contribution in [2.24, 2.45) is 0 Å². The van der Waals surface area contributed by atoms with Gasteiger partial charge < -0.3 is 39.9 Å². The Hall–Kier alpha value is -1.19. The molecule has 17 heteroatoms. The predicted octanol–water partition coefficient (Wildman–Crippen LogP) is 0.0305. The summed E-state index contributed by atoms with van der Waals surface area (Å²) in [5, 5.41) is 32.7. The fraction of sp³-hybridized carbons (Fsp3) is 0.722. The van der Waals surface area contributed by atoms with Crippen molar-refractivity contribution in [2.45, 2.75) is 69.7 Å². The molecule has 0 aromatic heterocycles. The molecule has 0 bridgehead atoms. The second kappa shape index (κ2) is 11.1. The molecule has 3 aliphatic heterocycles. The SMILES string of the molecule is C=C1NC(=O)C(C)=CN1[C@H]1CC(O)[C@@H](COP(=O)(O)OP(=O)(OC)O[C@H]2OC(C)C[C@H](O)C2O)O1. The molecule has 35 heavy (non-hydrogen) atoms. The van der Waals surface area contributed by atoms with Crippen molar-refractivity contribution in [3.05, 3.63) is 24.2 Å². The lowest BCUT2D eigenvalue weighted by Crippen LogP contribution is -2.48. The van der Waals surface area contributed by atoms with Crippen LogP contribution in [-0.2, 0) is 41.3 Å². The van der Waals surface area contributed by atoms with E-state index in [1.165, 1.54) is 11.1 Å². The highest BCUT2D eigenvalue weighted by atomic mass is 31.3. The van der Waals surface area contributed by atoms with Gasteiger partial charge in [0.15, 0.2) is 6.29 Å². The Labute approximate surface area is 201 Å². The number of rotatable bonds is 9. The zero-order chi connectivity index (χ0) is 26.1. The maximum atomic E-state index is 12.7. The van der Waals surface area contributed by atoms with Crippen LogP contribution in [0.2, 0.25) is 0 Å². The number of phosphoric ester groups is 2. The van der Waals surface area contributed by atoms with Gasteiger partial charge in [-0.2, -0.15) is 4.31 Å². The number of aliphatic hydroxyl groups is 3. The largest absolute Gasteiger partial charge is 0.485 e. The molecule has 3 rings (SSSR count). The molecule has 0 saturated carbocycles. The fourth-order valence-corrected chi connectivity index (χ4v) is 6.06. The van der Waals surface area contributed by atoms with E-state index >= 15 is 0 Å². The molecule has 2 saturated heterocycles. The molecule has 200 valence electrons. The first-order valence-corrected chi connectivity index (χ1v) is 13.5. The Morgan fingerprint density at radius 1 is 1.23 bits per heavy atom. The van der Waals surface area contributed by atoms with Gasteiger partial charge in [0, 0.05) is 31.7 Å². The highest BCUT2D eigenvalue weighted by molar-refractivity contribution is 7.61. The Morgan fingerprint density at radius 3 is 2.57 bits per heavy atom. The average molecular weight is 544 g/mol. The van der Waals surface area contributed by atoms with Crippen LogP contribution in [0.15, 0.2) is 24.2 Å². The van der Waals surface area contributed by atoms with Crippen LogP contribution in [0.1, 0.15) is 26.7 Å². The van der Waals surface area contributed by atoms with Crippen molar-refractivity contribution in [1.82, 2.24) is 10.2 Å². The molecule has 0 aliphatic carbocycles. The summed E-state index contributed by atoms with van der Waals surface area (Å²) in [6.45, 7) is 6.21. The second-order valence-corrected chi connectivity index (χ2v) is 11.6. The van der Waals surface area contributed by atoms with E-state index in [0.29, 0.717) is 5.57 Å². The number of carbonyl (C=O) groups is 1. The lowest BCUT2D eigenvalue weighted by atomic mass is 10.0. The van der Waals surface area contributed by atoms with E-state index in [9.17, 15) is 34.1 Å². The number of nitrogens with one attached hydrogen (secondary N) is 1. The van der Waals surface area contributed by atoms with Crippen LogP contribution >= 0.6 is 15.6 Å². The summed E-state index contributed by atoms with van der Waals surface area (Å²) in [5.74, 6) is -0.108. The number of aliphatic hydroxyl groups excluding tert-OH is 3. The molecule has 3 heterocycles. The molecule has 5 unspecified atom stereocenters. The molecule has 1 amide bonds. The minimum Gasteiger partial charge on any atom is -0.390 e. The van der Waals surface area contributed by atoms with Gasteiger partial charge >= 0.3 is 15.6 Å². The molecule has 5 N–H and O–H groups in total. The van der Waals surface area contributed by atoms with Crippen molar-refractivity contribution >= 4 is 21.6 Å². The number of hydrogen-bond acceptors (Lipinski definition) is 13. The summed E-state index contributed by atoms with van der Waals surface area (Å²) in [7, 11) is -9.07. The van der Waals surface area contributed by atoms with Crippen molar-refractivity contribution in [1.29, 1.82) is 0 Å². The number of nitrogens with zero attached hydrogens (tertiary/aromatic N) is 1. The minimum atomic E-state index is -5.11. The van der Waals surface area contributed by atoms with Crippen LogP contribution in [0.5, 0.6) is 0 Å². The summed E-state index contributed by atoms with van der Waals surface area (Å²) >= 11 is 0. The van der Waals surface area contributed by atoms with Crippen molar-refractivity contribution in [3.8, 4) is 0 Å². The summed E-state index contributed by atoms with van der Waals surface area (Å²) in [5.41, 5.74) is 0.382. The van der Waals surface area contributed by atoms with Crippen molar-refractivity contribution < 1.29 is 61.5 Å². The summed E-state index contributed by atoms with van der Waals surface area (Å²) in [4.78, 5) is 23.2. The lowest BCUT2D eigenvalue weighted by Gasteiger charge is -2.36. The van der Waals surface area contributed by atoms with Crippen molar-refractivity contribution in [2.75, 3.05) is 13.7 Å². The number of hydrogen-bond donors (Lipinski definition) is 5. The van der Waals surface area contributed by atoms with Crippen LogP contribution in [0.4, 0.5) is 0 Å². The smallest absolute Gasteiger partial charge is 0.390 e. The van der Waals surface area contributed by atoms with E-state index in [1.807, 2.05) is 0 Å². The van der Waals surface area contributed by atoms with E-state index in [1.54, 1.807) is 13.8 Å². The molecule has 9 atom stereocenters. The quantitative estimate of drug-likeness (QED) is 0.243. The van der Waals surface area contributed by atoms with Gasteiger partial charge in [0.2, 0.25) is 0 Å². The zero-order valence-corrected chi connectivity index (χ0v) is 21.0. The molecule has 0 aromatic carbocycles. The monoisotopic (exact) mass is 544 g/mol. The highest BCUT2D eigenvalue weighted by Crippen LogP contribution is 2.64. The minimum absolute atomic E-state index is 0.0559. The standard InChI is InChI=1S/C18H30N2O13P2/c1-9-7-20(11(3)19-17(9)24)15-6-12(21)14(31-15)8-29-34(25,26)33-35(27,28-4)32-18-16(23)13(22)5-10(2)30-18/h7,10,12-16,18,21-23H,3,5-6,8H2,1-2,4H3,(H,19,24)(H,25,26)/t10?,12?,13-,14+,15+,16?,18+,35?/m0/s1. The third-order valence-corrected chi connectivity index (χ3v) is 8.46. The zero-order valence-electron chi connectivity index (χ0n) is 19.3. The Bertz CT molecular complexity index is 945. The average Bonchev–Trinajstić information content (AvgIpc) is 3.12. The first kappa shape index (κ1) is 28.4. The third kappa shape index (κ3) is 6.98. The Kier molecular flexibility index (Phi) is 8.96. The molecule has 2 fully saturated rings. The summed E-state index contributed by atoms with van der Waals surface area (Å²) < 4.78 is 55.1. The molecular weight excluding hydrogens is 514 g/mol. The van der Waals surface area contributed by atoms with Crippen LogP contribution < -0.4 is 5.32 Å². The maximum Gasteiger partial charge on any atom is 0.485 e. The number of ether oxygens (including phenoxy) is 2. The van der Waals surface area contributed by atoms with Gasteiger partial charge in [-0.3, -0.25) is 18.4 Å². The fourth-order valence-electron chi connectivity index (χ4n) is 3.59. The van der Waals surface area contributed by atoms with Gasteiger partial charge in [-0.25, -0.2) is 9.13 Å². The van der Waals surface area contributed by atoms with Crippen molar-refractivity contribution in [3.63, 3.8) is 0 Å². The lowest BCUT2D eigenvalue weighted by molar-refractivity contribution is -0.236. The highest BCUT2D eigenvalue weighted by Gasteiger charge is 2.46. The molecule has 0 aromatic rings. The number of amides is 1.